The zero-order valence-electron chi connectivity index (χ0n) is 16.7. The SMILES string of the molecule is COc1ccc(F)cc1/C(O)=C1\C(=O)C(=O)N(CCN(C)C)C1c1sccc1C. The highest BCUT2D eigenvalue weighted by Crippen LogP contribution is 2.43. The lowest BCUT2D eigenvalue weighted by Gasteiger charge is -2.26. The van der Waals surface area contributed by atoms with Crippen LogP contribution in [0.2, 0.25) is 0 Å². The highest BCUT2D eigenvalue weighted by Gasteiger charge is 2.47. The number of ether oxygens (including phenoxy) is 1. The number of hydrogen-bond donors (Lipinski definition) is 1. The molecule has 8 heteroatoms. The smallest absolute Gasteiger partial charge is 0.295 e. The van der Waals surface area contributed by atoms with Crippen molar-refractivity contribution in [3.63, 3.8) is 0 Å². The van der Waals surface area contributed by atoms with Crippen LogP contribution in [0.3, 0.4) is 0 Å². The van der Waals surface area contributed by atoms with Crippen molar-refractivity contribution in [1.29, 1.82) is 0 Å². The molecule has 154 valence electrons. The molecule has 1 amide bonds. The van der Waals surface area contributed by atoms with E-state index < -0.39 is 29.3 Å². The van der Waals surface area contributed by atoms with Crippen LogP contribution in [0.5, 0.6) is 5.75 Å². The summed E-state index contributed by atoms with van der Waals surface area (Å²) in [5.41, 5.74) is 0.898. The topological polar surface area (TPSA) is 70.1 Å². The molecule has 1 atom stereocenters. The number of ketones is 1. The molecule has 0 saturated carbocycles. The number of likely N-dealkylation sites (tertiary alicyclic amines) is 1. The highest BCUT2D eigenvalue weighted by atomic mass is 32.1. The summed E-state index contributed by atoms with van der Waals surface area (Å²) in [6.07, 6.45) is 0. The summed E-state index contributed by atoms with van der Waals surface area (Å²) in [6.45, 7) is 2.76. The molecule has 0 spiro atoms. The Morgan fingerprint density at radius 2 is 2.03 bits per heavy atom. The van der Waals surface area contributed by atoms with Crippen LogP contribution in [0.4, 0.5) is 4.39 Å². The van der Waals surface area contributed by atoms with E-state index >= 15 is 0 Å². The Hall–Kier alpha value is -2.71. The second-order valence-electron chi connectivity index (χ2n) is 7.11. The highest BCUT2D eigenvalue weighted by molar-refractivity contribution is 7.10. The Labute approximate surface area is 172 Å². The third kappa shape index (κ3) is 3.90. The van der Waals surface area contributed by atoms with Crippen molar-refractivity contribution in [2.45, 2.75) is 13.0 Å². The van der Waals surface area contributed by atoms with Crippen molar-refractivity contribution in [3.05, 3.63) is 57.0 Å². The fourth-order valence-electron chi connectivity index (χ4n) is 3.37. The number of Topliss-reactive ketones (excluding diaryl/α,β-unsaturated/α-hetero) is 1. The molecule has 2 heterocycles. The van der Waals surface area contributed by atoms with Gasteiger partial charge in [-0.25, -0.2) is 4.39 Å². The van der Waals surface area contributed by atoms with Crippen LogP contribution in [0.25, 0.3) is 5.76 Å². The largest absolute Gasteiger partial charge is 0.507 e. The molecule has 3 rings (SSSR count). The van der Waals surface area contributed by atoms with Gasteiger partial charge in [-0.2, -0.15) is 0 Å². The van der Waals surface area contributed by atoms with Gasteiger partial charge in [-0.05, 0) is 56.2 Å². The fraction of sp³-hybridized carbons (Fsp3) is 0.333. The molecule has 6 nitrogen and oxygen atoms in total. The lowest BCUT2D eigenvalue weighted by atomic mass is 9.98. The van der Waals surface area contributed by atoms with Gasteiger partial charge in [-0.3, -0.25) is 9.59 Å². The summed E-state index contributed by atoms with van der Waals surface area (Å²) < 4.78 is 19.1. The van der Waals surface area contributed by atoms with Gasteiger partial charge in [0.2, 0.25) is 0 Å². The van der Waals surface area contributed by atoms with Crippen LogP contribution in [-0.2, 0) is 9.59 Å². The fourth-order valence-corrected chi connectivity index (χ4v) is 4.41. The summed E-state index contributed by atoms with van der Waals surface area (Å²) in [5.74, 6) is -2.28. The second kappa shape index (κ2) is 8.34. The molecule has 1 aliphatic rings. The Balaban J connectivity index is 2.21. The average Bonchev–Trinajstić information content (AvgIpc) is 3.20. The number of benzene rings is 1. The predicted molar refractivity (Wildman–Crippen MR) is 110 cm³/mol. The summed E-state index contributed by atoms with van der Waals surface area (Å²) in [4.78, 5) is 29.9. The molecule has 1 aromatic carbocycles. The number of aliphatic hydroxyl groups is 1. The maximum atomic E-state index is 13.9. The second-order valence-corrected chi connectivity index (χ2v) is 8.06. The number of carbonyl (C=O) groups excluding carboxylic acids is 2. The number of methoxy groups -OCH3 is 1. The zero-order valence-corrected chi connectivity index (χ0v) is 17.5. The molecule has 1 aromatic heterocycles. The Morgan fingerprint density at radius 1 is 1.31 bits per heavy atom. The number of halogens is 1. The van der Waals surface area contributed by atoms with E-state index in [0.717, 1.165) is 16.5 Å². The summed E-state index contributed by atoms with van der Waals surface area (Å²) in [7, 11) is 5.14. The van der Waals surface area contributed by atoms with E-state index in [1.54, 1.807) is 0 Å². The molecule has 0 aliphatic carbocycles. The quantitative estimate of drug-likeness (QED) is 0.443. The van der Waals surface area contributed by atoms with Crippen molar-refractivity contribution >= 4 is 28.8 Å². The molecule has 1 unspecified atom stereocenters. The first-order valence-corrected chi connectivity index (χ1v) is 9.95. The van der Waals surface area contributed by atoms with Gasteiger partial charge in [0.15, 0.2) is 0 Å². The lowest BCUT2D eigenvalue weighted by molar-refractivity contribution is -0.140. The lowest BCUT2D eigenvalue weighted by Crippen LogP contribution is -2.35. The van der Waals surface area contributed by atoms with Crippen molar-refractivity contribution in [2.24, 2.45) is 0 Å². The maximum absolute atomic E-state index is 13.9. The van der Waals surface area contributed by atoms with E-state index in [1.165, 1.54) is 35.5 Å². The van der Waals surface area contributed by atoms with Gasteiger partial charge >= 0.3 is 0 Å². The third-order valence-electron chi connectivity index (χ3n) is 4.89. The van der Waals surface area contributed by atoms with Gasteiger partial charge in [0.1, 0.15) is 17.3 Å². The average molecular weight is 418 g/mol. The van der Waals surface area contributed by atoms with Crippen molar-refractivity contribution in [2.75, 3.05) is 34.3 Å². The molecule has 29 heavy (non-hydrogen) atoms. The van der Waals surface area contributed by atoms with Crippen LogP contribution >= 0.6 is 11.3 Å². The van der Waals surface area contributed by atoms with Crippen LogP contribution in [-0.4, -0.2) is 60.9 Å². The van der Waals surface area contributed by atoms with Crippen LogP contribution < -0.4 is 4.74 Å². The zero-order chi connectivity index (χ0) is 21.3. The van der Waals surface area contributed by atoms with Gasteiger partial charge in [0.05, 0.1) is 24.3 Å². The number of aryl methyl sites for hydroxylation is 1. The number of amides is 1. The molecular formula is C21H23FN2O4S. The first-order valence-electron chi connectivity index (χ1n) is 9.07. The molecule has 0 bridgehead atoms. The first kappa shape index (κ1) is 21.0. The molecular weight excluding hydrogens is 395 g/mol. The molecule has 1 N–H and O–H groups in total. The number of nitrogens with zero attached hydrogens (tertiary/aromatic N) is 2. The van der Waals surface area contributed by atoms with Gasteiger partial charge in [-0.1, -0.05) is 0 Å². The van der Waals surface area contributed by atoms with E-state index in [4.69, 9.17) is 4.74 Å². The first-order chi connectivity index (χ1) is 13.8. The summed E-state index contributed by atoms with van der Waals surface area (Å²) in [5, 5.41) is 12.9. The molecule has 1 fully saturated rings. The van der Waals surface area contributed by atoms with E-state index in [0.29, 0.717) is 13.1 Å². The molecule has 1 aliphatic heterocycles. The minimum atomic E-state index is -0.787. The van der Waals surface area contributed by atoms with E-state index in [1.807, 2.05) is 37.4 Å². The van der Waals surface area contributed by atoms with Gasteiger partial charge in [-0.15, -0.1) is 11.3 Å². The predicted octanol–water partition coefficient (Wildman–Crippen LogP) is 3.19. The van der Waals surface area contributed by atoms with Gasteiger partial charge < -0.3 is 19.6 Å². The minimum Gasteiger partial charge on any atom is -0.507 e. The molecule has 2 aromatic rings. The summed E-state index contributed by atoms with van der Waals surface area (Å²) >= 11 is 1.41. The Bertz CT molecular complexity index is 983. The Morgan fingerprint density at radius 3 is 2.62 bits per heavy atom. The number of hydrogen-bond acceptors (Lipinski definition) is 6. The van der Waals surface area contributed by atoms with E-state index in [2.05, 4.69) is 0 Å². The summed E-state index contributed by atoms with van der Waals surface area (Å²) in [6, 6.07) is 4.83. The van der Waals surface area contributed by atoms with Crippen molar-refractivity contribution in [1.82, 2.24) is 9.80 Å². The molecule has 0 radical (unpaired) electrons. The molecule has 1 saturated heterocycles. The van der Waals surface area contributed by atoms with Crippen molar-refractivity contribution in [3.8, 4) is 5.75 Å². The monoisotopic (exact) mass is 418 g/mol. The number of rotatable bonds is 6. The van der Waals surface area contributed by atoms with Gasteiger partial charge in [0.25, 0.3) is 11.7 Å². The van der Waals surface area contributed by atoms with Crippen LogP contribution in [0.15, 0.2) is 35.2 Å². The number of aliphatic hydroxyl groups excluding tert-OH is 1. The van der Waals surface area contributed by atoms with Gasteiger partial charge in [0, 0.05) is 18.0 Å². The normalized spacial score (nSPS) is 18.7. The van der Waals surface area contributed by atoms with E-state index in [9.17, 15) is 19.1 Å². The standard InChI is InChI=1S/C21H23FN2O4S/c1-12-7-10-29-20(12)17-16(19(26)21(27)24(17)9-8-23(2)3)18(25)14-11-13(22)5-6-15(14)28-4/h5-7,10-11,17,25H,8-9H2,1-4H3/b18-16+. The van der Waals surface area contributed by atoms with E-state index in [-0.39, 0.29) is 16.9 Å². The van der Waals surface area contributed by atoms with Crippen LogP contribution in [0.1, 0.15) is 22.0 Å². The third-order valence-corrected chi connectivity index (χ3v) is 5.97. The number of thiophene rings is 1. The number of carbonyl (C=O) groups is 2. The maximum Gasteiger partial charge on any atom is 0.295 e. The Kier molecular flexibility index (Phi) is 6.04. The van der Waals surface area contributed by atoms with Crippen LogP contribution in [0, 0.1) is 12.7 Å². The minimum absolute atomic E-state index is 0.0392. The number of likely N-dealkylation sites (N-methyl/N-ethyl adjacent to an activating group) is 1. The van der Waals surface area contributed by atoms with Crippen molar-refractivity contribution < 1.29 is 23.8 Å².